The molecule has 1 aliphatic heterocycles. The number of hydrogen-bond donors (Lipinski definition) is 1. The van der Waals surface area contributed by atoms with Gasteiger partial charge in [-0.1, -0.05) is 34.6 Å². The second-order valence-corrected chi connectivity index (χ2v) is 9.12. The average Bonchev–Trinajstić information content (AvgIpc) is 2.26. The van der Waals surface area contributed by atoms with Gasteiger partial charge in [-0.3, -0.25) is 4.90 Å². The van der Waals surface area contributed by atoms with Crippen molar-refractivity contribution < 1.29 is 0 Å². The van der Waals surface area contributed by atoms with Crippen molar-refractivity contribution in [3.63, 3.8) is 0 Å². The molecule has 1 N–H and O–H groups in total. The van der Waals surface area contributed by atoms with Crippen LogP contribution < -0.4 is 5.32 Å². The molecular weight excluding hydrogens is 244 g/mol. The Morgan fingerprint density at radius 3 is 1.85 bits per heavy atom. The molecule has 2 heteroatoms. The molecule has 1 rings (SSSR count). The van der Waals surface area contributed by atoms with Gasteiger partial charge in [0.15, 0.2) is 0 Å². The van der Waals surface area contributed by atoms with E-state index in [1.54, 1.807) is 0 Å². The van der Waals surface area contributed by atoms with Gasteiger partial charge >= 0.3 is 0 Å². The van der Waals surface area contributed by atoms with Crippen LogP contribution in [0.3, 0.4) is 0 Å². The van der Waals surface area contributed by atoms with Gasteiger partial charge in [-0.2, -0.15) is 0 Å². The third-order valence-corrected chi connectivity index (χ3v) is 4.83. The first-order chi connectivity index (χ1) is 9.00. The third-order valence-electron chi connectivity index (χ3n) is 4.83. The number of likely N-dealkylation sites (tertiary alicyclic amines) is 1. The van der Waals surface area contributed by atoms with E-state index in [4.69, 9.17) is 0 Å². The molecule has 20 heavy (non-hydrogen) atoms. The fraction of sp³-hybridized carbons (Fsp3) is 1.00. The van der Waals surface area contributed by atoms with Crippen LogP contribution in [0.15, 0.2) is 0 Å². The molecule has 0 saturated carbocycles. The highest BCUT2D eigenvalue weighted by Gasteiger charge is 2.32. The first-order valence-electron chi connectivity index (χ1n) is 8.50. The lowest BCUT2D eigenvalue weighted by Gasteiger charge is -2.43. The lowest BCUT2D eigenvalue weighted by molar-refractivity contribution is 0.0631. The molecule has 0 radical (unpaired) electrons. The molecule has 0 aromatic rings. The summed E-state index contributed by atoms with van der Waals surface area (Å²) in [6, 6.07) is 0.676. The quantitative estimate of drug-likeness (QED) is 0.833. The first-order valence-corrected chi connectivity index (χ1v) is 8.50. The van der Waals surface area contributed by atoms with Gasteiger partial charge < -0.3 is 5.32 Å². The summed E-state index contributed by atoms with van der Waals surface area (Å²) >= 11 is 0. The Hall–Kier alpha value is -0.0800. The van der Waals surface area contributed by atoms with Crippen molar-refractivity contribution in [3.05, 3.63) is 0 Å². The van der Waals surface area contributed by atoms with Crippen LogP contribution in [0.5, 0.6) is 0 Å². The minimum absolute atomic E-state index is 0.219. The normalized spacial score (nSPS) is 21.4. The average molecular weight is 283 g/mol. The minimum Gasteiger partial charge on any atom is -0.311 e. The van der Waals surface area contributed by atoms with Crippen molar-refractivity contribution in [3.8, 4) is 0 Å². The molecule has 0 amide bonds. The molecule has 1 unspecified atom stereocenters. The van der Waals surface area contributed by atoms with Crippen molar-refractivity contribution in [2.24, 2.45) is 17.3 Å². The largest absolute Gasteiger partial charge is 0.311 e. The van der Waals surface area contributed by atoms with Crippen molar-refractivity contribution in [2.45, 2.75) is 79.8 Å². The monoisotopic (exact) mass is 282 g/mol. The molecule has 1 saturated heterocycles. The third kappa shape index (κ3) is 5.73. The van der Waals surface area contributed by atoms with Crippen LogP contribution in [-0.4, -0.2) is 36.1 Å². The summed E-state index contributed by atoms with van der Waals surface area (Å²) in [5.74, 6) is 1.61. The Morgan fingerprint density at radius 1 is 1.00 bits per heavy atom. The summed E-state index contributed by atoms with van der Waals surface area (Å²) < 4.78 is 0. The molecular formula is C18H38N2. The Bertz CT molecular complexity index is 275. The van der Waals surface area contributed by atoms with Crippen LogP contribution in [-0.2, 0) is 0 Å². The van der Waals surface area contributed by atoms with Crippen molar-refractivity contribution in [2.75, 3.05) is 19.6 Å². The molecule has 0 aliphatic carbocycles. The summed E-state index contributed by atoms with van der Waals surface area (Å²) in [7, 11) is 0. The topological polar surface area (TPSA) is 15.3 Å². The molecule has 0 bridgehead atoms. The lowest BCUT2D eigenvalue weighted by atomic mass is 9.75. The number of nitrogens with zero attached hydrogens (tertiary/aromatic N) is 1. The summed E-state index contributed by atoms with van der Waals surface area (Å²) in [5, 5.41) is 3.70. The van der Waals surface area contributed by atoms with E-state index in [9.17, 15) is 0 Å². The molecule has 1 aliphatic rings. The van der Waals surface area contributed by atoms with E-state index in [0.29, 0.717) is 11.5 Å². The molecule has 120 valence electrons. The van der Waals surface area contributed by atoms with Crippen LogP contribution in [0.1, 0.15) is 68.2 Å². The van der Waals surface area contributed by atoms with Crippen LogP contribution in [0.4, 0.5) is 0 Å². The van der Waals surface area contributed by atoms with E-state index in [1.165, 1.54) is 25.9 Å². The molecule has 1 atom stereocenters. The standard InChI is InChI=1S/C18H38N2/c1-14(2)16(13-19-18(6,7)8)20-11-9-15(10-12-20)17(3,4)5/h14-16,19H,9-13H2,1-8H3. The molecule has 1 fully saturated rings. The van der Waals surface area contributed by atoms with Crippen LogP contribution in [0.25, 0.3) is 0 Å². The van der Waals surface area contributed by atoms with Gasteiger partial charge in [0, 0.05) is 18.1 Å². The Labute approximate surface area is 127 Å². The van der Waals surface area contributed by atoms with Gasteiger partial charge in [-0.05, 0) is 64.0 Å². The van der Waals surface area contributed by atoms with Crippen molar-refractivity contribution in [1.29, 1.82) is 0 Å². The lowest BCUT2D eigenvalue weighted by Crippen LogP contribution is -2.52. The zero-order valence-corrected chi connectivity index (χ0v) is 15.2. The molecule has 0 aromatic carbocycles. The SMILES string of the molecule is CC(C)C(CNC(C)(C)C)N1CCC(C(C)(C)C)CC1. The van der Waals surface area contributed by atoms with Gasteiger partial charge in [-0.15, -0.1) is 0 Å². The van der Waals surface area contributed by atoms with E-state index in [1.807, 2.05) is 0 Å². The predicted molar refractivity (Wildman–Crippen MR) is 90.1 cm³/mol. The van der Waals surface area contributed by atoms with E-state index in [-0.39, 0.29) is 5.54 Å². The Morgan fingerprint density at radius 2 is 1.50 bits per heavy atom. The first kappa shape index (κ1) is 18.0. The maximum atomic E-state index is 3.70. The number of hydrogen-bond acceptors (Lipinski definition) is 2. The fourth-order valence-electron chi connectivity index (χ4n) is 3.29. The van der Waals surface area contributed by atoms with E-state index < -0.39 is 0 Å². The molecule has 1 heterocycles. The Balaban J connectivity index is 2.54. The van der Waals surface area contributed by atoms with Gasteiger partial charge in [-0.25, -0.2) is 0 Å². The summed E-state index contributed by atoms with van der Waals surface area (Å²) in [5.41, 5.74) is 0.694. The van der Waals surface area contributed by atoms with Crippen molar-refractivity contribution in [1.82, 2.24) is 10.2 Å². The summed E-state index contributed by atoms with van der Waals surface area (Å²) in [6.07, 6.45) is 2.73. The van der Waals surface area contributed by atoms with Crippen molar-refractivity contribution >= 4 is 0 Å². The highest BCUT2D eigenvalue weighted by atomic mass is 15.2. The smallest absolute Gasteiger partial charge is 0.0243 e. The van der Waals surface area contributed by atoms with E-state index in [2.05, 4.69) is 65.6 Å². The van der Waals surface area contributed by atoms with Crippen LogP contribution in [0, 0.1) is 17.3 Å². The highest BCUT2D eigenvalue weighted by Crippen LogP contribution is 2.35. The van der Waals surface area contributed by atoms with Gasteiger partial charge in [0.25, 0.3) is 0 Å². The second kappa shape index (κ2) is 6.79. The van der Waals surface area contributed by atoms with Crippen LogP contribution >= 0.6 is 0 Å². The summed E-state index contributed by atoms with van der Waals surface area (Å²) in [4.78, 5) is 2.73. The minimum atomic E-state index is 0.219. The van der Waals surface area contributed by atoms with Gasteiger partial charge in [0.1, 0.15) is 0 Å². The number of rotatable bonds is 4. The number of nitrogens with one attached hydrogen (secondary N) is 1. The number of piperidine rings is 1. The van der Waals surface area contributed by atoms with Gasteiger partial charge in [0.05, 0.1) is 0 Å². The Kier molecular flexibility index (Phi) is 6.10. The molecule has 0 spiro atoms. The predicted octanol–water partition coefficient (Wildman–Crippen LogP) is 4.16. The summed E-state index contributed by atoms with van der Waals surface area (Å²) in [6.45, 7) is 22.4. The highest BCUT2D eigenvalue weighted by molar-refractivity contribution is 4.87. The molecule has 2 nitrogen and oxygen atoms in total. The van der Waals surface area contributed by atoms with E-state index >= 15 is 0 Å². The zero-order valence-electron chi connectivity index (χ0n) is 15.2. The van der Waals surface area contributed by atoms with E-state index in [0.717, 1.165) is 18.4 Å². The maximum Gasteiger partial charge on any atom is 0.0243 e. The van der Waals surface area contributed by atoms with Gasteiger partial charge in [0.2, 0.25) is 0 Å². The zero-order chi connectivity index (χ0) is 15.6. The fourth-order valence-corrected chi connectivity index (χ4v) is 3.29. The maximum absolute atomic E-state index is 3.70. The van der Waals surface area contributed by atoms with Crippen LogP contribution in [0.2, 0.25) is 0 Å². The molecule has 0 aromatic heterocycles. The second-order valence-electron chi connectivity index (χ2n) is 9.12.